The lowest BCUT2D eigenvalue weighted by molar-refractivity contribution is -0.115. The van der Waals surface area contributed by atoms with Gasteiger partial charge in [-0.25, -0.2) is 4.98 Å². The lowest BCUT2D eigenvalue weighted by Gasteiger charge is -2.12. The van der Waals surface area contributed by atoms with Gasteiger partial charge < -0.3 is 9.88 Å². The molecule has 0 aliphatic rings. The average molecular weight is 487 g/mol. The van der Waals surface area contributed by atoms with Crippen LogP contribution in [0.15, 0.2) is 72.1 Å². The first-order chi connectivity index (χ1) is 16.5. The smallest absolute Gasteiger partial charge is 0.237 e. The molecule has 1 N–H and O–H groups in total. The highest BCUT2D eigenvalue weighted by Crippen LogP contribution is 2.31. The van der Waals surface area contributed by atoms with Crippen molar-refractivity contribution in [1.82, 2.24) is 24.7 Å². The Labute approximate surface area is 205 Å². The van der Waals surface area contributed by atoms with Gasteiger partial charge in [0, 0.05) is 36.3 Å². The molecule has 0 radical (unpaired) electrons. The Morgan fingerprint density at radius 2 is 1.79 bits per heavy atom. The van der Waals surface area contributed by atoms with Crippen LogP contribution in [0.2, 0.25) is 0 Å². The fraction of sp³-hybridized carbons (Fsp3) is 0.160. The minimum atomic E-state index is -0.347. The quantitative estimate of drug-likeness (QED) is 0.315. The van der Waals surface area contributed by atoms with Crippen LogP contribution < -0.4 is 5.32 Å². The lowest BCUT2D eigenvalue weighted by atomic mass is 10.2. The lowest BCUT2D eigenvalue weighted by Crippen LogP contribution is -2.22. The van der Waals surface area contributed by atoms with Crippen molar-refractivity contribution < 1.29 is 4.79 Å². The van der Waals surface area contributed by atoms with Crippen LogP contribution in [0.25, 0.3) is 32.2 Å². The minimum Gasteiger partial charge on any atom is -0.325 e. The Kier molecular flexibility index (Phi) is 6.12. The number of fused-ring (bicyclic) bond motifs is 1. The maximum atomic E-state index is 12.8. The summed E-state index contributed by atoms with van der Waals surface area (Å²) in [6.45, 7) is 3.94. The Hall–Kier alpha value is -3.56. The molecule has 1 amide bonds. The zero-order chi connectivity index (χ0) is 23.7. The highest BCUT2D eigenvalue weighted by atomic mass is 32.2. The van der Waals surface area contributed by atoms with Crippen molar-refractivity contribution in [3.63, 3.8) is 0 Å². The van der Waals surface area contributed by atoms with Gasteiger partial charge in [-0.15, -0.1) is 21.5 Å². The summed E-state index contributed by atoms with van der Waals surface area (Å²) in [7, 11) is 1.89. The third kappa shape index (κ3) is 4.57. The topological polar surface area (TPSA) is 85.6 Å². The summed E-state index contributed by atoms with van der Waals surface area (Å²) in [6.07, 6.45) is 3.44. The summed E-state index contributed by atoms with van der Waals surface area (Å²) in [6, 6.07) is 17.8. The highest BCUT2D eigenvalue weighted by Gasteiger charge is 2.19. The van der Waals surface area contributed by atoms with Crippen LogP contribution in [-0.4, -0.2) is 35.9 Å². The number of thiazole rings is 1. The molecule has 2 aromatic carbocycles. The van der Waals surface area contributed by atoms with Gasteiger partial charge in [0.25, 0.3) is 0 Å². The molecule has 0 aliphatic carbocycles. The number of carbonyl (C=O) groups is 1. The van der Waals surface area contributed by atoms with Crippen molar-refractivity contribution in [2.45, 2.75) is 24.3 Å². The first-order valence-corrected chi connectivity index (χ1v) is 12.4. The molecule has 3 aromatic heterocycles. The van der Waals surface area contributed by atoms with Crippen molar-refractivity contribution in [3.8, 4) is 22.0 Å². The maximum absolute atomic E-state index is 12.8. The van der Waals surface area contributed by atoms with Gasteiger partial charge in [0.15, 0.2) is 11.0 Å². The molecule has 0 saturated heterocycles. The SMILES string of the molecule is Cc1ccc2nc(-c3ccc(NC(=O)[C@H](C)Sc4nnc(-c5ccncc5)n4C)cc3)sc2c1. The molecule has 9 heteroatoms. The van der Waals surface area contributed by atoms with Crippen molar-refractivity contribution in [1.29, 1.82) is 0 Å². The van der Waals surface area contributed by atoms with E-state index in [2.05, 4.69) is 45.6 Å². The third-order valence-electron chi connectivity index (χ3n) is 5.37. The van der Waals surface area contributed by atoms with Gasteiger partial charge in [-0.05, 0) is 67.9 Å². The number of nitrogens with one attached hydrogen (secondary N) is 1. The van der Waals surface area contributed by atoms with Gasteiger partial charge in [-0.1, -0.05) is 17.8 Å². The monoisotopic (exact) mass is 486 g/mol. The number of hydrogen-bond acceptors (Lipinski definition) is 7. The molecule has 170 valence electrons. The molecule has 0 unspecified atom stereocenters. The second-order valence-electron chi connectivity index (χ2n) is 7.92. The summed E-state index contributed by atoms with van der Waals surface area (Å²) in [4.78, 5) is 21.6. The van der Waals surface area contributed by atoms with Crippen molar-refractivity contribution in [2.24, 2.45) is 7.05 Å². The Bertz CT molecular complexity index is 1460. The Morgan fingerprint density at radius 3 is 2.56 bits per heavy atom. The van der Waals surface area contributed by atoms with E-state index in [9.17, 15) is 4.79 Å². The van der Waals surface area contributed by atoms with Gasteiger partial charge in [0.05, 0.1) is 15.5 Å². The third-order valence-corrected chi connectivity index (χ3v) is 7.57. The predicted octanol–water partition coefficient (Wildman–Crippen LogP) is 5.58. The van der Waals surface area contributed by atoms with E-state index >= 15 is 0 Å². The maximum Gasteiger partial charge on any atom is 0.237 e. The second kappa shape index (κ2) is 9.36. The van der Waals surface area contributed by atoms with Crippen LogP contribution in [0.5, 0.6) is 0 Å². The van der Waals surface area contributed by atoms with Crippen LogP contribution in [0.4, 0.5) is 5.69 Å². The zero-order valence-electron chi connectivity index (χ0n) is 18.9. The van der Waals surface area contributed by atoms with E-state index in [1.165, 1.54) is 22.0 Å². The number of benzene rings is 2. The molecule has 3 heterocycles. The second-order valence-corrected chi connectivity index (χ2v) is 10.3. The van der Waals surface area contributed by atoms with Gasteiger partial charge in [-0.2, -0.15) is 0 Å². The van der Waals surface area contributed by atoms with Crippen LogP contribution in [0.1, 0.15) is 12.5 Å². The number of hydrogen-bond donors (Lipinski definition) is 1. The van der Waals surface area contributed by atoms with Gasteiger partial charge in [0.1, 0.15) is 5.01 Å². The molecule has 0 fully saturated rings. The van der Waals surface area contributed by atoms with Gasteiger partial charge >= 0.3 is 0 Å². The molecule has 7 nitrogen and oxygen atoms in total. The molecular weight excluding hydrogens is 464 g/mol. The van der Waals surface area contributed by atoms with Gasteiger partial charge in [-0.3, -0.25) is 9.78 Å². The van der Waals surface area contributed by atoms with Crippen LogP contribution >= 0.6 is 23.1 Å². The molecule has 1 atom stereocenters. The number of nitrogens with zero attached hydrogens (tertiary/aromatic N) is 5. The first kappa shape index (κ1) is 22.2. The Balaban J connectivity index is 1.25. The van der Waals surface area contributed by atoms with Crippen molar-refractivity contribution >= 4 is 44.9 Å². The first-order valence-electron chi connectivity index (χ1n) is 10.7. The van der Waals surface area contributed by atoms with E-state index in [0.29, 0.717) is 5.16 Å². The van der Waals surface area contributed by atoms with E-state index in [0.717, 1.165) is 33.2 Å². The number of carbonyl (C=O) groups excluding carboxylic acids is 1. The van der Waals surface area contributed by atoms with E-state index in [4.69, 9.17) is 4.98 Å². The Morgan fingerprint density at radius 1 is 1.03 bits per heavy atom. The molecule has 0 aliphatic heterocycles. The summed E-state index contributed by atoms with van der Waals surface area (Å²) in [5.74, 6) is 0.639. The molecule has 0 saturated carbocycles. The van der Waals surface area contributed by atoms with E-state index in [1.54, 1.807) is 23.7 Å². The van der Waals surface area contributed by atoms with E-state index in [-0.39, 0.29) is 11.2 Å². The number of amides is 1. The molecule has 34 heavy (non-hydrogen) atoms. The van der Waals surface area contributed by atoms with Crippen LogP contribution in [-0.2, 0) is 11.8 Å². The number of thioether (sulfide) groups is 1. The summed E-state index contributed by atoms with van der Waals surface area (Å²) in [5.41, 5.74) is 4.93. The number of pyridine rings is 1. The zero-order valence-corrected chi connectivity index (χ0v) is 20.5. The van der Waals surface area contributed by atoms with Gasteiger partial charge in [0.2, 0.25) is 5.91 Å². The summed E-state index contributed by atoms with van der Waals surface area (Å²) in [5, 5.41) is 12.8. The van der Waals surface area contributed by atoms with E-state index in [1.807, 2.05) is 54.9 Å². The molecule has 0 spiro atoms. The number of aromatic nitrogens is 5. The highest BCUT2D eigenvalue weighted by molar-refractivity contribution is 8.00. The molecule has 5 aromatic rings. The summed E-state index contributed by atoms with van der Waals surface area (Å²) >= 11 is 3.04. The predicted molar refractivity (Wildman–Crippen MR) is 138 cm³/mol. The van der Waals surface area contributed by atoms with E-state index < -0.39 is 0 Å². The average Bonchev–Trinajstić information content (AvgIpc) is 3.43. The fourth-order valence-electron chi connectivity index (χ4n) is 3.48. The molecule has 0 bridgehead atoms. The summed E-state index contributed by atoms with van der Waals surface area (Å²) < 4.78 is 3.06. The number of rotatable bonds is 6. The normalized spacial score (nSPS) is 12.1. The largest absolute Gasteiger partial charge is 0.325 e. The number of aryl methyl sites for hydroxylation is 1. The van der Waals surface area contributed by atoms with Crippen LogP contribution in [0.3, 0.4) is 0 Å². The fourth-order valence-corrected chi connectivity index (χ4v) is 5.36. The molecular formula is C25H22N6OS2. The number of anilines is 1. The standard InChI is InChI=1S/C25H22N6OS2/c1-15-4-9-20-21(14-15)34-24(28-20)18-5-7-19(8-6-18)27-23(32)16(2)33-25-30-29-22(31(25)3)17-10-12-26-13-11-17/h4-14,16H,1-3H3,(H,27,32)/t16-/m0/s1. The van der Waals surface area contributed by atoms with Crippen LogP contribution in [0, 0.1) is 6.92 Å². The van der Waals surface area contributed by atoms with Crippen molar-refractivity contribution in [3.05, 3.63) is 72.6 Å². The van der Waals surface area contributed by atoms with Crippen molar-refractivity contribution in [2.75, 3.05) is 5.32 Å². The minimum absolute atomic E-state index is 0.0957. The molecule has 5 rings (SSSR count).